The minimum Gasteiger partial charge on any atom is -0.474 e. The number of alkyl halides is 2. The first-order chi connectivity index (χ1) is 15.5. The molecule has 32 heavy (non-hydrogen) atoms. The van der Waals surface area contributed by atoms with Crippen molar-refractivity contribution in [3.05, 3.63) is 64.7 Å². The number of pyridine rings is 2. The Labute approximate surface area is 182 Å². The molecule has 0 spiro atoms. The first kappa shape index (κ1) is 21.5. The number of aromatic nitrogens is 4. The van der Waals surface area contributed by atoms with Crippen molar-refractivity contribution in [2.75, 3.05) is 11.6 Å². The van der Waals surface area contributed by atoms with Crippen molar-refractivity contribution in [1.29, 1.82) is 0 Å². The first-order valence-electron chi connectivity index (χ1n) is 10.1. The first-order valence-corrected chi connectivity index (χ1v) is 10.1. The highest BCUT2D eigenvalue weighted by Gasteiger charge is 2.32. The van der Waals surface area contributed by atoms with Gasteiger partial charge in [-0.3, -0.25) is 4.79 Å². The molecule has 4 rings (SSSR count). The molecule has 1 aliphatic heterocycles. The number of hydrogen-bond donors (Lipinski definition) is 0. The van der Waals surface area contributed by atoms with E-state index in [1.807, 2.05) is 13.8 Å². The van der Waals surface area contributed by atoms with Crippen LogP contribution in [0.15, 0.2) is 63.9 Å². The molecule has 0 N–H and O–H groups in total. The lowest BCUT2D eigenvalue weighted by atomic mass is 10.1. The zero-order chi connectivity index (χ0) is 22.7. The lowest BCUT2D eigenvalue weighted by molar-refractivity contribution is 0.151. The van der Waals surface area contributed by atoms with Gasteiger partial charge in [0.2, 0.25) is 5.88 Å². The second kappa shape index (κ2) is 9.16. The van der Waals surface area contributed by atoms with Crippen molar-refractivity contribution in [3.8, 4) is 17.1 Å². The molecule has 166 valence electrons. The number of rotatable bonds is 7. The molecule has 0 saturated carbocycles. The number of anilines is 1. The summed E-state index contributed by atoms with van der Waals surface area (Å²) in [6.07, 6.45) is 0.282. The third-order valence-corrected chi connectivity index (χ3v) is 5.12. The van der Waals surface area contributed by atoms with Crippen molar-refractivity contribution in [3.63, 3.8) is 0 Å². The molecular weight excluding hydrogens is 420 g/mol. The third-order valence-electron chi connectivity index (χ3n) is 5.12. The van der Waals surface area contributed by atoms with Crippen LogP contribution in [-0.2, 0) is 6.54 Å². The summed E-state index contributed by atoms with van der Waals surface area (Å²) in [5.74, 6) is 0.723. The van der Waals surface area contributed by atoms with E-state index in [-0.39, 0.29) is 29.8 Å². The fourth-order valence-electron chi connectivity index (χ4n) is 3.22. The largest absolute Gasteiger partial charge is 0.474 e. The van der Waals surface area contributed by atoms with Gasteiger partial charge in [-0.15, -0.1) is 10.2 Å². The Kier molecular flexibility index (Phi) is 6.15. The van der Waals surface area contributed by atoms with Crippen molar-refractivity contribution in [2.24, 2.45) is 10.3 Å². The monoisotopic (exact) mass is 441 g/mol. The maximum Gasteiger partial charge on any atom is 0.265 e. The van der Waals surface area contributed by atoms with Gasteiger partial charge in [0.1, 0.15) is 12.6 Å². The second-order valence-electron chi connectivity index (χ2n) is 7.22. The highest BCUT2D eigenvalue weighted by atomic mass is 19.3. The molecule has 2 atom stereocenters. The summed E-state index contributed by atoms with van der Waals surface area (Å²) in [5, 5.41) is 18.1. The van der Waals surface area contributed by atoms with Gasteiger partial charge in [0.15, 0.2) is 5.82 Å². The highest BCUT2D eigenvalue weighted by Crippen LogP contribution is 2.27. The Balaban J connectivity index is 1.43. The van der Waals surface area contributed by atoms with Gasteiger partial charge in [0.05, 0.1) is 11.7 Å². The Bertz CT molecular complexity index is 1150. The molecule has 9 nitrogen and oxygen atoms in total. The summed E-state index contributed by atoms with van der Waals surface area (Å²) in [5.41, 5.74) is 1.16. The van der Waals surface area contributed by atoms with E-state index in [2.05, 4.69) is 25.5 Å². The predicted molar refractivity (Wildman–Crippen MR) is 113 cm³/mol. The molecule has 4 heterocycles. The molecule has 3 aromatic rings. The van der Waals surface area contributed by atoms with Crippen LogP contribution in [0.4, 0.5) is 14.6 Å². The number of halogens is 2. The average molecular weight is 441 g/mol. The Morgan fingerprint density at radius 2 is 1.97 bits per heavy atom. The maximum absolute atomic E-state index is 12.8. The van der Waals surface area contributed by atoms with E-state index in [0.717, 1.165) is 11.8 Å². The lowest BCUT2D eigenvalue weighted by Gasteiger charge is -2.23. The SMILES string of the molecule is CCn1cc(-c2ccc(OCC3C(C)N=NN3c3ccc(C(F)F)cn3)nn2)ccc1=O. The molecule has 0 radical (unpaired) electrons. The van der Waals surface area contributed by atoms with Gasteiger partial charge in [0, 0.05) is 42.2 Å². The topological polar surface area (TPSA) is 97.9 Å². The molecule has 0 aliphatic carbocycles. The minimum atomic E-state index is -2.58. The van der Waals surface area contributed by atoms with Crippen LogP contribution in [0.25, 0.3) is 11.3 Å². The summed E-state index contributed by atoms with van der Waals surface area (Å²) in [6.45, 7) is 4.53. The van der Waals surface area contributed by atoms with Crippen LogP contribution in [-0.4, -0.2) is 38.4 Å². The highest BCUT2D eigenvalue weighted by molar-refractivity contribution is 5.57. The van der Waals surface area contributed by atoms with Gasteiger partial charge in [0.25, 0.3) is 12.0 Å². The van der Waals surface area contributed by atoms with E-state index in [9.17, 15) is 13.6 Å². The van der Waals surface area contributed by atoms with Gasteiger partial charge < -0.3 is 9.30 Å². The van der Waals surface area contributed by atoms with E-state index in [4.69, 9.17) is 4.74 Å². The molecule has 11 heteroatoms. The molecule has 0 amide bonds. The van der Waals surface area contributed by atoms with Crippen LogP contribution in [0.2, 0.25) is 0 Å². The van der Waals surface area contributed by atoms with Crippen molar-refractivity contribution < 1.29 is 13.5 Å². The fourth-order valence-corrected chi connectivity index (χ4v) is 3.22. The van der Waals surface area contributed by atoms with Crippen molar-refractivity contribution >= 4 is 5.82 Å². The van der Waals surface area contributed by atoms with Gasteiger partial charge in [-0.05, 0) is 38.1 Å². The maximum atomic E-state index is 12.8. The zero-order valence-electron chi connectivity index (χ0n) is 17.5. The molecule has 3 aromatic heterocycles. The summed E-state index contributed by atoms with van der Waals surface area (Å²) in [4.78, 5) is 15.8. The van der Waals surface area contributed by atoms with Crippen LogP contribution >= 0.6 is 0 Å². The van der Waals surface area contributed by atoms with Crippen LogP contribution in [0.1, 0.15) is 25.8 Å². The normalized spacial score (nSPS) is 17.8. The fraction of sp³-hybridized carbons (Fsp3) is 0.333. The molecule has 0 saturated heterocycles. The Morgan fingerprint density at radius 3 is 2.62 bits per heavy atom. The summed E-state index contributed by atoms with van der Waals surface area (Å²) < 4.78 is 32.9. The Morgan fingerprint density at radius 1 is 1.12 bits per heavy atom. The predicted octanol–water partition coefficient (Wildman–Crippen LogP) is 3.68. The number of hydrogen-bond acceptors (Lipinski definition) is 8. The van der Waals surface area contributed by atoms with E-state index in [1.54, 1.807) is 34.0 Å². The van der Waals surface area contributed by atoms with Gasteiger partial charge >= 0.3 is 0 Å². The molecule has 0 bridgehead atoms. The summed E-state index contributed by atoms with van der Waals surface area (Å²) in [7, 11) is 0. The van der Waals surface area contributed by atoms with Crippen molar-refractivity contribution in [2.45, 2.75) is 38.9 Å². The molecule has 1 aliphatic rings. The van der Waals surface area contributed by atoms with E-state index >= 15 is 0 Å². The zero-order valence-corrected chi connectivity index (χ0v) is 17.5. The quantitative estimate of drug-likeness (QED) is 0.555. The summed E-state index contributed by atoms with van der Waals surface area (Å²) >= 11 is 0. The smallest absolute Gasteiger partial charge is 0.265 e. The molecule has 0 fully saturated rings. The van der Waals surface area contributed by atoms with Gasteiger partial charge in [-0.1, -0.05) is 5.22 Å². The minimum absolute atomic E-state index is 0.0754. The van der Waals surface area contributed by atoms with Crippen LogP contribution < -0.4 is 15.3 Å². The van der Waals surface area contributed by atoms with Crippen LogP contribution in [0.5, 0.6) is 5.88 Å². The number of nitrogens with zero attached hydrogens (tertiary/aromatic N) is 7. The Hall–Kier alpha value is -3.76. The van der Waals surface area contributed by atoms with Crippen LogP contribution in [0.3, 0.4) is 0 Å². The lowest BCUT2D eigenvalue weighted by Crippen LogP contribution is -2.39. The average Bonchev–Trinajstić information content (AvgIpc) is 3.18. The standard InChI is InChI=1S/C21H21F2N7O2/c1-3-29-11-15(5-9-20(29)31)16-6-8-19(27-26-16)32-12-17-13(2)25-28-30(17)18-7-4-14(10-24-18)21(22)23/h4-11,13,17,21H,3,12H2,1-2H3. The molecule has 2 unspecified atom stereocenters. The third kappa shape index (κ3) is 4.46. The van der Waals surface area contributed by atoms with Crippen molar-refractivity contribution in [1.82, 2.24) is 19.7 Å². The van der Waals surface area contributed by atoms with Gasteiger partial charge in [-0.2, -0.15) is 5.11 Å². The van der Waals surface area contributed by atoms with E-state index in [0.29, 0.717) is 23.9 Å². The van der Waals surface area contributed by atoms with Crippen LogP contribution in [0, 0.1) is 0 Å². The van der Waals surface area contributed by atoms with E-state index < -0.39 is 6.43 Å². The number of aryl methyl sites for hydroxylation is 1. The second-order valence-corrected chi connectivity index (χ2v) is 7.22. The molecule has 0 aromatic carbocycles. The van der Waals surface area contributed by atoms with E-state index in [1.165, 1.54) is 18.2 Å². The summed E-state index contributed by atoms with van der Waals surface area (Å²) in [6, 6.07) is 8.98. The molecular formula is C21H21F2N7O2. The van der Waals surface area contributed by atoms with Gasteiger partial charge in [-0.25, -0.2) is 18.8 Å². The number of ether oxygens (including phenoxy) is 1.